The van der Waals surface area contributed by atoms with Crippen LogP contribution in [0.1, 0.15) is 37.4 Å². The van der Waals surface area contributed by atoms with Gasteiger partial charge in [0.05, 0.1) is 6.04 Å². The van der Waals surface area contributed by atoms with Crippen molar-refractivity contribution in [3.63, 3.8) is 0 Å². The molecule has 0 aromatic heterocycles. The van der Waals surface area contributed by atoms with E-state index in [1.807, 2.05) is 63.2 Å². The first kappa shape index (κ1) is 17.8. The molecule has 4 nitrogen and oxygen atoms in total. The number of aryl methyl sites for hydroxylation is 1. The molecule has 25 heavy (non-hydrogen) atoms. The van der Waals surface area contributed by atoms with Gasteiger partial charge in [0.15, 0.2) is 6.61 Å². The second-order valence-electron chi connectivity index (χ2n) is 6.92. The highest BCUT2D eigenvalue weighted by molar-refractivity contribution is 9.10. The van der Waals surface area contributed by atoms with Crippen LogP contribution in [0.4, 0.5) is 0 Å². The first-order valence-corrected chi connectivity index (χ1v) is 9.10. The number of fused-ring (bicyclic) bond motifs is 1. The Labute approximate surface area is 156 Å². The van der Waals surface area contributed by atoms with Crippen molar-refractivity contribution in [1.29, 1.82) is 0 Å². The number of amides is 1. The van der Waals surface area contributed by atoms with Crippen molar-refractivity contribution in [3.8, 4) is 11.5 Å². The van der Waals surface area contributed by atoms with Crippen molar-refractivity contribution in [1.82, 2.24) is 5.32 Å². The largest absolute Gasteiger partial charge is 0.487 e. The molecule has 0 bridgehead atoms. The smallest absolute Gasteiger partial charge is 0.258 e. The van der Waals surface area contributed by atoms with Crippen LogP contribution in [-0.2, 0) is 4.79 Å². The summed E-state index contributed by atoms with van der Waals surface area (Å²) in [5.41, 5.74) is 1.75. The SMILES string of the molecule is Cc1cc(OCC(=O)N[C@H]2CC(C)(C)Oc3ccccc32)ccc1Br. The predicted molar refractivity (Wildman–Crippen MR) is 101 cm³/mol. The van der Waals surface area contributed by atoms with E-state index in [1.165, 1.54) is 0 Å². The number of carbonyl (C=O) groups is 1. The van der Waals surface area contributed by atoms with Gasteiger partial charge in [-0.2, -0.15) is 0 Å². The van der Waals surface area contributed by atoms with E-state index in [0.717, 1.165) is 21.3 Å². The Bertz CT molecular complexity index is 788. The zero-order valence-electron chi connectivity index (χ0n) is 14.6. The maximum atomic E-state index is 12.4. The maximum absolute atomic E-state index is 12.4. The molecule has 1 amide bonds. The summed E-state index contributed by atoms with van der Waals surface area (Å²) in [7, 11) is 0. The molecular weight excluding hydrogens is 382 g/mol. The fourth-order valence-electron chi connectivity index (χ4n) is 3.02. The molecule has 1 heterocycles. The van der Waals surface area contributed by atoms with E-state index in [1.54, 1.807) is 0 Å². The third-order valence-electron chi connectivity index (χ3n) is 4.21. The Balaban J connectivity index is 1.65. The van der Waals surface area contributed by atoms with E-state index in [0.29, 0.717) is 12.2 Å². The normalized spacial score (nSPS) is 18.0. The molecular formula is C20H22BrNO3. The van der Waals surface area contributed by atoms with Gasteiger partial charge in [-0.25, -0.2) is 0 Å². The zero-order chi connectivity index (χ0) is 18.0. The van der Waals surface area contributed by atoms with Gasteiger partial charge < -0.3 is 14.8 Å². The summed E-state index contributed by atoms with van der Waals surface area (Å²) in [5, 5.41) is 3.07. The lowest BCUT2D eigenvalue weighted by Crippen LogP contribution is -2.42. The van der Waals surface area contributed by atoms with Crippen LogP contribution in [0.3, 0.4) is 0 Å². The molecule has 0 saturated carbocycles. The number of para-hydroxylation sites is 1. The summed E-state index contributed by atoms with van der Waals surface area (Å²) in [6.07, 6.45) is 0.715. The molecule has 132 valence electrons. The summed E-state index contributed by atoms with van der Waals surface area (Å²) >= 11 is 3.45. The number of nitrogens with one attached hydrogen (secondary N) is 1. The van der Waals surface area contributed by atoms with E-state index in [9.17, 15) is 4.79 Å². The first-order valence-electron chi connectivity index (χ1n) is 8.30. The Kier molecular flexibility index (Phi) is 5.04. The topological polar surface area (TPSA) is 47.6 Å². The third-order valence-corrected chi connectivity index (χ3v) is 5.10. The van der Waals surface area contributed by atoms with Gasteiger partial charge in [-0.3, -0.25) is 4.79 Å². The molecule has 3 rings (SSSR count). The fraction of sp³-hybridized carbons (Fsp3) is 0.350. The van der Waals surface area contributed by atoms with E-state index in [2.05, 4.69) is 21.2 Å². The monoisotopic (exact) mass is 403 g/mol. The van der Waals surface area contributed by atoms with E-state index in [-0.39, 0.29) is 24.2 Å². The van der Waals surface area contributed by atoms with Crippen LogP contribution in [0.2, 0.25) is 0 Å². The van der Waals surface area contributed by atoms with Crippen molar-refractivity contribution in [2.24, 2.45) is 0 Å². The Hall–Kier alpha value is -2.01. The lowest BCUT2D eigenvalue weighted by Gasteiger charge is -2.37. The summed E-state index contributed by atoms with van der Waals surface area (Å²) in [5.74, 6) is 1.37. The highest BCUT2D eigenvalue weighted by Gasteiger charge is 2.34. The van der Waals surface area contributed by atoms with Crippen LogP contribution in [-0.4, -0.2) is 18.1 Å². The number of hydrogen-bond acceptors (Lipinski definition) is 3. The lowest BCUT2D eigenvalue weighted by molar-refractivity contribution is -0.124. The number of hydrogen-bond donors (Lipinski definition) is 1. The first-order chi connectivity index (χ1) is 11.8. The second kappa shape index (κ2) is 7.08. The van der Waals surface area contributed by atoms with Crippen LogP contribution < -0.4 is 14.8 Å². The Morgan fingerprint density at radius 3 is 2.84 bits per heavy atom. The molecule has 2 aromatic rings. The summed E-state index contributed by atoms with van der Waals surface area (Å²) in [6, 6.07) is 13.4. The van der Waals surface area contributed by atoms with Crippen LogP contribution in [0, 0.1) is 6.92 Å². The molecule has 0 radical (unpaired) electrons. The number of halogens is 1. The number of ether oxygens (including phenoxy) is 2. The maximum Gasteiger partial charge on any atom is 0.258 e. The van der Waals surface area contributed by atoms with Crippen LogP contribution in [0.25, 0.3) is 0 Å². The van der Waals surface area contributed by atoms with Gasteiger partial charge in [0.2, 0.25) is 0 Å². The van der Waals surface area contributed by atoms with Gasteiger partial charge in [0.25, 0.3) is 5.91 Å². The quantitative estimate of drug-likeness (QED) is 0.813. The lowest BCUT2D eigenvalue weighted by atomic mass is 9.90. The fourth-order valence-corrected chi connectivity index (χ4v) is 3.27. The van der Waals surface area contributed by atoms with Crippen molar-refractivity contribution >= 4 is 21.8 Å². The van der Waals surface area contributed by atoms with Crippen LogP contribution in [0.5, 0.6) is 11.5 Å². The number of benzene rings is 2. The molecule has 0 aliphatic carbocycles. The molecule has 1 atom stereocenters. The van der Waals surface area contributed by atoms with Crippen LogP contribution in [0.15, 0.2) is 46.9 Å². The van der Waals surface area contributed by atoms with Crippen molar-refractivity contribution in [2.45, 2.75) is 38.8 Å². The van der Waals surface area contributed by atoms with E-state index < -0.39 is 0 Å². The molecule has 1 aliphatic rings. The number of rotatable bonds is 4. The van der Waals surface area contributed by atoms with Gasteiger partial charge in [-0.15, -0.1) is 0 Å². The van der Waals surface area contributed by atoms with E-state index >= 15 is 0 Å². The molecule has 0 unspecified atom stereocenters. The molecule has 0 saturated heterocycles. The van der Waals surface area contributed by atoms with Gasteiger partial charge in [0, 0.05) is 16.5 Å². The summed E-state index contributed by atoms with van der Waals surface area (Å²) in [4.78, 5) is 12.4. The molecule has 1 aliphatic heterocycles. The Morgan fingerprint density at radius 2 is 2.08 bits per heavy atom. The predicted octanol–water partition coefficient (Wildman–Crippen LogP) is 4.55. The van der Waals surface area contributed by atoms with Crippen molar-refractivity contribution in [2.75, 3.05) is 6.61 Å². The molecule has 1 N–H and O–H groups in total. The second-order valence-corrected chi connectivity index (χ2v) is 7.78. The standard InChI is InChI=1S/C20H22BrNO3/c1-13-10-14(8-9-16(13)21)24-12-19(23)22-17-11-20(2,3)25-18-7-5-4-6-15(17)18/h4-10,17H,11-12H2,1-3H3,(H,22,23)/t17-/m0/s1. The number of carbonyl (C=O) groups excluding carboxylic acids is 1. The van der Waals surface area contributed by atoms with E-state index in [4.69, 9.17) is 9.47 Å². The highest BCUT2D eigenvalue weighted by atomic mass is 79.9. The average molecular weight is 404 g/mol. The summed E-state index contributed by atoms with van der Waals surface area (Å²) < 4.78 is 12.6. The van der Waals surface area contributed by atoms with Gasteiger partial charge in [0.1, 0.15) is 17.1 Å². The minimum absolute atomic E-state index is 0.0129. The van der Waals surface area contributed by atoms with Crippen molar-refractivity contribution < 1.29 is 14.3 Å². The molecule has 0 fully saturated rings. The van der Waals surface area contributed by atoms with Crippen molar-refractivity contribution in [3.05, 3.63) is 58.1 Å². The minimum atomic E-state index is -0.323. The average Bonchev–Trinajstić information content (AvgIpc) is 2.55. The summed E-state index contributed by atoms with van der Waals surface area (Å²) in [6.45, 7) is 6.03. The van der Waals surface area contributed by atoms with Gasteiger partial charge >= 0.3 is 0 Å². The van der Waals surface area contributed by atoms with Gasteiger partial charge in [-0.05, 0) is 50.6 Å². The third kappa shape index (κ3) is 4.34. The molecule has 5 heteroatoms. The molecule has 2 aromatic carbocycles. The van der Waals surface area contributed by atoms with Crippen LogP contribution >= 0.6 is 15.9 Å². The highest BCUT2D eigenvalue weighted by Crippen LogP contribution is 2.39. The Morgan fingerprint density at radius 1 is 1.32 bits per heavy atom. The molecule has 0 spiro atoms. The minimum Gasteiger partial charge on any atom is -0.487 e. The zero-order valence-corrected chi connectivity index (χ0v) is 16.2. The van der Waals surface area contributed by atoms with Gasteiger partial charge in [-0.1, -0.05) is 34.1 Å².